The zero-order valence-corrected chi connectivity index (χ0v) is 13.6. The number of pyridine rings is 1. The van der Waals surface area contributed by atoms with Gasteiger partial charge in [0.15, 0.2) is 7.28 Å². The molecule has 0 spiro atoms. The van der Waals surface area contributed by atoms with E-state index in [1.54, 1.807) is 6.08 Å². The van der Waals surface area contributed by atoms with Crippen molar-refractivity contribution in [2.45, 2.75) is 6.82 Å². The van der Waals surface area contributed by atoms with Crippen molar-refractivity contribution in [2.75, 3.05) is 19.4 Å². The van der Waals surface area contributed by atoms with E-state index in [0.29, 0.717) is 0 Å². The Hall–Kier alpha value is -2.49. The molecule has 112 valence electrons. The van der Waals surface area contributed by atoms with Crippen molar-refractivity contribution in [2.24, 2.45) is 0 Å². The molecule has 0 bridgehead atoms. The van der Waals surface area contributed by atoms with Crippen molar-refractivity contribution in [1.29, 1.82) is 0 Å². The molecule has 0 aliphatic rings. The minimum atomic E-state index is 0.828. The van der Waals surface area contributed by atoms with Gasteiger partial charge in [-0.25, -0.2) is 0 Å². The molecule has 0 saturated heterocycles. The highest BCUT2D eigenvalue weighted by Crippen LogP contribution is 2.20. The third kappa shape index (κ3) is 3.58. The average Bonchev–Trinajstić information content (AvgIpc) is 2.51. The molecule has 2 aromatic rings. The number of likely N-dealkylation sites (N-methyl/N-ethyl adjacent to an activating group) is 1. The Bertz CT molecular complexity index is 732. The molecule has 2 rings (SSSR count). The number of rotatable bonds is 6. The number of nitrogens with one attached hydrogen (secondary N) is 1. The van der Waals surface area contributed by atoms with Gasteiger partial charge in [-0.05, 0) is 23.6 Å². The SMILES string of the molecule is C=C/C=C(/C(=C)Nc1ccc2cc(BC)cnc2c1)N(C)C. The predicted molar refractivity (Wildman–Crippen MR) is 99.1 cm³/mol. The van der Waals surface area contributed by atoms with E-state index >= 15 is 0 Å². The third-order valence-electron chi connectivity index (χ3n) is 3.51. The summed E-state index contributed by atoms with van der Waals surface area (Å²) in [6, 6.07) is 8.37. The summed E-state index contributed by atoms with van der Waals surface area (Å²) in [6.07, 6.45) is 5.63. The molecular formula is C18H22BN3. The Morgan fingerprint density at radius 1 is 1.32 bits per heavy atom. The number of benzene rings is 1. The maximum Gasteiger partial charge on any atom is 0.156 e. The molecule has 22 heavy (non-hydrogen) atoms. The number of aromatic nitrogens is 1. The summed E-state index contributed by atoms with van der Waals surface area (Å²) in [5, 5.41) is 4.49. The van der Waals surface area contributed by atoms with Crippen molar-refractivity contribution in [3.05, 3.63) is 67.2 Å². The standard InChI is InChI=1S/C18H22BN3/c1-6-7-18(22(4)5)13(2)21-16-9-8-14-10-15(19-3)12-20-17(14)11-16/h6-12,19,21H,1-2H2,3-5H3/b18-7-. The summed E-state index contributed by atoms with van der Waals surface area (Å²) < 4.78 is 0. The molecule has 0 unspecified atom stereocenters. The van der Waals surface area contributed by atoms with Crippen LogP contribution in [0.25, 0.3) is 10.9 Å². The fourth-order valence-corrected chi connectivity index (χ4v) is 2.31. The van der Waals surface area contributed by atoms with Crippen molar-refractivity contribution in [3.8, 4) is 0 Å². The average molecular weight is 291 g/mol. The van der Waals surface area contributed by atoms with Gasteiger partial charge in [0.05, 0.1) is 16.9 Å². The number of hydrogen-bond donors (Lipinski definition) is 1. The van der Waals surface area contributed by atoms with E-state index in [4.69, 9.17) is 0 Å². The van der Waals surface area contributed by atoms with Gasteiger partial charge < -0.3 is 10.2 Å². The van der Waals surface area contributed by atoms with E-state index in [9.17, 15) is 0 Å². The molecule has 0 saturated carbocycles. The molecule has 0 aliphatic heterocycles. The van der Waals surface area contributed by atoms with Gasteiger partial charge in [0.1, 0.15) is 0 Å². The second-order valence-corrected chi connectivity index (χ2v) is 5.39. The normalized spacial score (nSPS) is 11.1. The van der Waals surface area contributed by atoms with Crippen LogP contribution in [0.4, 0.5) is 5.69 Å². The Morgan fingerprint density at radius 3 is 2.73 bits per heavy atom. The van der Waals surface area contributed by atoms with Crippen molar-refractivity contribution in [3.63, 3.8) is 0 Å². The number of nitrogens with zero attached hydrogens (tertiary/aromatic N) is 2. The van der Waals surface area contributed by atoms with Crippen LogP contribution in [0, 0.1) is 0 Å². The zero-order valence-electron chi connectivity index (χ0n) is 13.6. The lowest BCUT2D eigenvalue weighted by Gasteiger charge is -2.20. The first kappa shape index (κ1) is 15.9. The Kier molecular flexibility index (Phi) is 5.05. The molecule has 0 aliphatic carbocycles. The fraction of sp³-hybridized carbons (Fsp3) is 0.167. The van der Waals surface area contributed by atoms with E-state index in [1.807, 2.05) is 37.3 Å². The smallest absolute Gasteiger partial charge is 0.156 e. The van der Waals surface area contributed by atoms with Gasteiger partial charge >= 0.3 is 0 Å². The quantitative estimate of drug-likeness (QED) is 0.655. The largest absolute Gasteiger partial charge is 0.376 e. The second-order valence-electron chi connectivity index (χ2n) is 5.39. The maximum absolute atomic E-state index is 4.53. The van der Waals surface area contributed by atoms with Crippen LogP contribution in [0.2, 0.25) is 6.82 Å². The number of allylic oxidation sites excluding steroid dienone is 2. The Morgan fingerprint density at radius 2 is 2.09 bits per heavy atom. The molecule has 0 atom stereocenters. The summed E-state index contributed by atoms with van der Waals surface area (Å²) in [4.78, 5) is 6.53. The molecule has 4 heteroatoms. The van der Waals surface area contributed by atoms with Crippen LogP contribution in [0.3, 0.4) is 0 Å². The minimum absolute atomic E-state index is 0.828. The third-order valence-corrected chi connectivity index (χ3v) is 3.51. The summed E-state index contributed by atoms with van der Waals surface area (Å²) in [5.41, 5.74) is 5.03. The summed E-state index contributed by atoms with van der Waals surface area (Å²) in [7, 11) is 4.96. The van der Waals surface area contributed by atoms with Crippen LogP contribution < -0.4 is 10.8 Å². The van der Waals surface area contributed by atoms with Gasteiger partial charge in [-0.2, -0.15) is 0 Å². The van der Waals surface area contributed by atoms with Crippen LogP contribution in [0.15, 0.2) is 67.2 Å². The van der Waals surface area contributed by atoms with Crippen molar-refractivity contribution in [1.82, 2.24) is 9.88 Å². The Labute approximate surface area is 133 Å². The first-order valence-corrected chi connectivity index (χ1v) is 7.40. The highest BCUT2D eigenvalue weighted by Gasteiger charge is 2.06. The fourth-order valence-electron chi connectivity index (χ4n) is 2.31. The van der Waals surface area contributed by atoms with Crippen LogP contribution in [0.5, 0.6) is 0 Å². The molecular weight excluding hydrogens is 269 g/mol. The molecule has 1 N–H and O–H groups in total. The van der Waals surface area contributed by atoms with Crippen LogP contribution >= 0.6 is 0 Å². The number of hydrogen-bond acceptors (Lipinski definition) is 3. The maximum atomic E-state index is 4.53. The monoisotopic (exact) mass is 291 g/mol. The van der Waals surface area contributed by atoms with Gasteiger partial charge in [-0.3, -0.25) is 4.98 Å². The molecule has 1 aromatic carbocycles. The highest BCUT2D eigenvalue weighted by molar-refractivity contribution is 6.52. The summed E-state index contributed by atoms with van der Waals surface area (Å²) in [6.45, 7) is 9.99. The van der Waals surface area contributed by atoms with E-state index in [-0.39, 0.29) is 0 Å². The number of anilines is 1. The topological polar surface area (TPSA) is 28.2 Å². The molecule has 3 nitrogen and oxygen atoms in total. The zero-order chi connectivity index (χ0) is 16.1. The van der Waals surface area contributed by atoms with Gasteiger partial charge in [-0.15, -0.1) is 0 Å². The lowest BCUT2D eigenvalue weighted by atomic mass is 9.74. The van der Waals surface area contributed by atoms with Crippen LogP contribution in [-0.2, 0) is 0 Å². The molecule has 0 fully saturated rings. The highest BCUT2D eigenvalue weighted by atomic mass is 15.1. The lowest BCUT2D eigenvalue weighted by Crippen LogP contribution is -2.16. The molecule has 1 aromatic heterocycles. The van der Waals surface area contributed by atoms with E-state index < -0.39 is 0 Å². The van der Waals surface area contributed by atoms with E-state index in [2.05, 4.69) is 48.5 Å². The first-order chi connectivity index (χ1) is 10.5. The van der Waals surface area contributed by atoms with Gasteiger partial charge in [0, 0.05) is 26.0 Å². The molecule has 0 radical (unpaired) electrons. The van der Waals surface area contributed by atoms with E-state index in [1.165, 1.54) is 5.46 Å². The van der Waals surface area contributed by atoms with Crippen LogP contribution in [-0.4, -0.2) is 31.3 Å². The van der Waals surface area contributed by atoms with E-state index in [0.717, 1.165) is 35.3 Å². The summed E-state index contributed by atoms with van der Waals surface area (Å²) >= 11 is 0. The van der Waals surface area contributed by atoms with Gasteiger partial charge in [0.2, 0.25) is 0 Å². The van der Waals surface area contributed by atoms with Crippen molar-refractivity contribution >= 4 is 29.3 Å². The van der Waals surface area contributed by atoms with Crippen molar-refractivity contribution < 1.29 is 0 Å². The molecule has 0 amide bonds. The second kappa shape index (κ2) is 6.99. The predicted octanol–water partition coefficient (Wildman–Crippen LogP) is 2.90. The van der Waals surface area contributed by atoms with Gasteiger partial charge in [0.25, 0.3) is 0 Å². The summed E-state index contributed by atoms with van der Waals surface area (Å²) in [5.74, 6) is 0. The van der Waals surface area contributed by atoms with Crippen LogP contribution in [0.1, 0.15) is 0 Å². The first-order valence-electron chi connectivity index (χ1n) is 7.40. The molecule has 1 heterocycles. The van der Waals surface area contributed by atoms with Gasteiger partial charge in [-0.1, -0.05) is 43.7 Å². The number of fused-ring (bicyclic) bond motifs is 1. The minimum Gasteiger partial charge on any atom is -0.376 e. The Balaban J connectivity index is 2.26. The lowest BCUT2D eigenvalue weighted by molar-refractivity contribution is 0.523.